The lowest BCUT2D eigenvalue weighted by atomic mass is 9.93. The van der Waals surface area contributed by atoms with Crippen LogP contribution in [0.1, 0.15) is 33.6 Å². The summed E-state index contributed by atoms with van der Waals surface area (Å²) in [7, 11) is 0. The average Bonchev–Trinajstić information content (AvgIpc) is 2.35. The summed E-state index contributed by atoms with van der Waals surface area (Å²) in [5, 5.41) is 17.8. The molecule has 8 heteroatoms. The summed E-state index contributed by atoms with van der Waals surface area (Å²) < 4.78 is 10.7. The van der Waals surface area contributed by atoms with E-state index in [1.807, 2.05) is 0 Å². The summed E-state index contributed by atoms with van der Waals surface area (Å²) in [5.74, 6) is -2.88. The zero-order valence-corrected chi connectivity index (χ0v) is 13.1. The van der Waals surface area contributed by atoms with Crippen LogP contribution in [-0.4, -0.2) is 64.5 Å². The highest BCUT2D eigenvalue weighted by molar-refractivity contribution is 5.71. The normalized spacial score (nSPS) is 19.1. The van der Waals surface area contributed by atoms with Crippen LogP contribution < -0.4 is 0 Å². The van der Waals surface area contributed by atoms with Gasteiger partial charge in [-0.1, -0.05) is 0 Å². The van der Waals surface area contributed by atoms with Crippen molar-refractivity contribution in [2.75, 3.05) is 19.7 Å². The molecule has 0 aromatic carbocycles. The molecule has 0 radical (unpaired) electrons. The van der Waals surface area contributed by atoms with Gasteiger partial charge in [0, 0.05) is 12.5 Å². The van der Waals surface area contributed by atoms with Gasteiger partial charge < -0.3 is 24.6 Å². The molecular formula is C14H23NO7. The topological polar surface area (TPSA) is 113 Å². The number of carbonyl (C=O) groups excluding carboxylic acids is 1. The first kappa shape index (κ1) is 18.2. The Balaban J connectivity index is 2.71. The lowest BCUT2D eigenvalue weighted by Crippen LogP contribution is -2.50. The molecule has 1 saturated heterocycles. The minimum atomic E-state index is -1.09. The highest BCUT2D eigenvalue weighted by Gasteiger charge is 2.34. The molecule has 2 N–H and O–H groups in total. The Morgan fingerprint density at radius 3 is 2.23 bits per heavy atom. The molecule has 0 spiro atoms. The molecule has 22 heavy (non-hydrogen) atoms. The van der Waals surface area contributed by atoms with Crippen LogP contribution in [0.25, 0.3) is 0 Å². The van der Waals surface area contributed by atoms with Gasteiger partial charge in [0.25, 0.3) is 0 Å². The van der Waals surface area contributed by atoms with Crippen LogP contribution in [0.3, 0.4) is 0 Å². The Morgan fingerprint density at radius 2 is 1.77 bits per heavy atom. The zero-order valence-electron chi connectivity index (χ0n) is 13.1. The summed E-state index contributed by atoms with van der Waals surface area (Å²) >= 11 is 0. The Morgan fingerprint density at radius 1 is 1.23 bits per heavy atom. The number of amides is 1. The molecule has 1 amide bonds. The molecule has 1 fully saturated rings. The van der Waals surface area contributed by atoms with Gasteiger partial charge in [0.1, 0.15) is 5.60 Å². The van der Waals surface area contributed by atoms with Crippen molar-refractivity contribution >= 4 is 18.0 Å². The van der Waals surface area contributed by atoms with E-state index in [1.54, 1.807) is 20.8 Å². The first-order valence-corrected chi connectivity index (χ1v) is 7.11. The maximum Gasteiger partial charge on any atom is 0.410 e. The number of morpholine rings is 1. The lowest BCUT2D eigenvalue weighted by molar-refractivity contribution is -0.145. The first-order valence-electron chi connectivity index (χ1n) is 7.11. The number of carboxylic acid groups (broad SMARTS) is 2. The molecule has 0 aliphatic carbocycles. The van der Waals surface area contributed by atoms with Gasteiger partial charge in [-0.25, -0.2) is 4.79 Å². The molecule has 1 rings (SSSR count). The summed E-state index contributed by atoms with van der Waals surface area (Å²) in [6.45, 7) is 5.93. The van der Waals surface area contributed by atoms with Crippen LogP contribution in [0.2, 0.25) is 0 Å². The molecule has 1 aliphatic rings. The van der Waals surface area contributed by atoms with Gasteiger partial charge in [-0.05, 0) is 20.8 Å². The lowest BCUT2D eigenvalue weighted by Gasteiger charge is -2.36. The summed E-state index contributed by atoms with van der Waals surface area (Å²) in [6.07, 6.45) is -1.78. The van der Waals surface area contributed by atoms with Crippen molar-refractivity contribution in [1.82, 2.24) is 4.90 Å². The van der Waals surface area contributed by atoms with Crippen molar-refractivity contribution in [3.63, 3.8) is 0 Å². The third-order valence-electron chi connectivity index (χ3n) is 3.14. The van der Waals surface area contributed by atoms with E-state index < -0.39 is 35.7 Å². The standard InChI is InChI=1S/C14H23NO7/c1-14(2,3)22-13(20)15-4-5-21-10(8-15)9(6-11(16)17)7-12(18)19/h9-10H,4-8H2,1-3H3,(H,16,17)(H,18,19). The van der Waals surface area contributed by atoms with Crippen molar-refractivity contribution < 1.29 is 34.1 Å². The smallest absolute Gasteiger partial charge is 0.410 e. The van der Waals surface area contributed by atoms with Crippen LogP contribution in [0.4, 0.5) is 4.79 Å². The van der Waals surface area contributed by atoms with E-state index in [2.05, 4.69) is 0 Å². The maximum absolute atomic E-state index is 12.0. The van der Waals surface area contributed by atoms with Crippen molar-refractivity contribution in [3.8, 4) is 0 Å². The monoisotopic (exact) mass is 317 g/mol. The predicted octanol–water partition coefficient (Wildman–Crippen LogP) is 1.19. The van der Waals surface area contributed by atoms with E-state index in [4.69, 9.17) is 19.7 Å². The van der Waals surface area contributed by atoms with Gasteiger partial charge in [0.05, 0.1) is 32.1 Å². The Bertz CT molecular complexity index is 413. The fraction of sp³-hybridized carbons (Fsp3) is 0.786. The Labute approximate surface area is 129 Å². The quantitative estimate of drug-likeness (QED) is 0.782. The van der Waals surface area contributed by atoms with Gasteiger partial charge >= 0.3 is 18.0 Å². The Kier molecular flexibility index (Phi) is 6.16. The predicted molar refractivity (Wildman–Crippen MR) is 75.5 cm³/mol. The molecule has 1 heterocycles. The summed E-state index contributed by atoms with van der Waals surface area (Å²) in [5.41, 5.74) is -0.633. The summed E-state index contributed by atoms with van der Waals surface area (Å²) in [6, 6.07) is 0. The number of rotatable bonds is 5. The third-order valence-corrected chi connectivity index (χ3v) is 3.14. The second-order valence-electron chi connectivity index (χ2n) is 6.29. The van der Waals surface area contributed by atoms with Gasteiger partial charge in [0.2, 0.25) is 0 Å². The second-order valence-corrected chi connectivity index (χ2v) is 6.29. The van der Waals surface area contributed by atoms with E-state index in [0.717, 1.165) is 0 Å². The molecular weight excluding hydrogens is 294 g/mol. The van der Waals surface area contributed by atoms with Gasteiger partial charge in [-0.3, -0.25) is 9.59 Å². The van der Waals surface area contributed by atoms with Crippen LogP contribution in [-0.2, 0) is 19.1 Å². The number of carboxylic acids is 2. The molecule has 1 aliphatic heterocycles. The van der Waals surface area contributed by atoms with Gasteiger partial charge in [-0.2, -0.15) is 0 Å². The van der Waals surface area contributed by atoms with E-state index in [-0.39, 0.29) is 26.0 Å². The highest BCUT2D eigenvalue weighted by Crippen LogP contribution is 2.22. The van der Waals surface area contributed by atoms with E-state index in [1.165, 1.54) is 4.90 Å². The fourth-order valence-corrected chi connectivity index (χ4v) is 2.24. The number of nitrogens with zero attached hydrogens (tertiary/aromatic N) is 1. The molecule has 1 unspecified atom stereocenters. The maximum atomic E-state index is 12.0. The molecule has 0 saturated carbocycles. The number of ether oxygens (including phenoxy) is 2. The molecule has 0 bridgehead atoms. The molecule has 126 valence electrons. The number of hydrogen-bond acceptors (Lipinski definition) is 5. The third kappa shape index (κ3) is 6.30. The SMILES string of the molecule is CC(C)(C)OC(=O)N1CCOC(C(CC(=O)O)CC(=O)O)C1. The molecule has 8 nitrogen and oxygen atoms in total. The largest absolute Gasteiger partial charge is 0.481 e. The number of aliphatic carboxylic acids is 2. The van der Waals surface area contributed by atoms with Gasteiger partial charge in [-0.15, -0.1) is 0 Å². The van der Waals surface area contributed by atoms with Gasteiger partial charge in [0.15, 0.2) is 0 Å². The number of carbonyl (C=O) groups is 3. The van der Waals surface area contributed by atoms with Crippen molar-refractivity contribution in [3.05, 3.63) is 0 Å². The molecule has 1 atom stereocenters. The van der Waals surface area contributed by atoms with Crippen LogP contribution in [0.15, 0.2) is 0 Å². The van der Waals surface area contributed by atoms with E-state index in [9.17, 15) is 14.4 Å². The fourth-order valence-electron chi connectivity index (χ4n) is 2.24. The first-order chi connectivity index (χ1) is 10.1. The number of hydrogen-bond donors (Lipinski definition) is 2. The average molecular weight is 317 g/mol. The molecule has 0 aromatic rings. The highest BCUT2D eigenvalue weighted by atomic mass is 16.6. The summed E-state index contributed by atoms with van der Waals surface area (Å²) in [4.78, 5) is 35.2. The van der Waals surface area contributed by atoms with Crippen LogP contribution >= 0.6 is 0 Å². The van der Waals surface area contributed by atoms with E-state index >= 15 is 0 Å². The van der Waals surface area contributed by atoms with Crippen LogP contribution in [0.5, 0.6) is 0 Å². The van der Waals surface area contributed by atoms with Crippen molar-refractivity contribution in [2.24, 2.45) is 5.92 Å². The zero-order chi connectivity index (χ0) is 16.9. The van der Waals surface area contributed by atoms with Crippen molar-refractivity contribution in [1.29, 1.82) is 0 Å². The van der Waals surface area contributed by atoms with Crippen LogP contribution in [0, 0.1) is 5.92 Å². The Hall–Kier alpha value is -1.83. The van der Waals surface area contributed by atoms with E-state index in [0.29, 0.717) is 6.54 Å². The second kappa shape index (κ2) is 7.44. The minimum absolute atomic E-state index is 0.125. The van der Waals surface area contributed by atoms with Crippen molar-refractivity contribution in [2.45, 2.75) is 45.3 Å². The molecule has 0 aromatic heterocycles. The minimum Gasteiger partial charge on any atom is -0.481 e.